The number of imidazole rings is 1. The first-order valence-corrected chi connectivity index (χ1v) is 6.30. The standard InChI is InChI=1S/C11H10Br2N2O/c1-16-11-14-9(12)10(13)15(11)7-8-5-3-2-4-6-8/h2-6H,7H2,1H3. The Morgan fingerprint density at radius 2 is 1.94 bits per heavy atom. The molecule has 1 heterocycles. The molecular formula is C11H10Br2N2O. The maximum Gasteiger partial charge on any atom is 0.298 e. The highest BCUT2D eigenvalue weighted by atomic mass is 79.9. The molecule has 0 saturated carbocycles. The average molecular weight is 346 g/mol. The van der Waals surface area contributed by atoms with Crippen LogP contribution in [0.3, 0.4) is 0 Å². The third-order valence-electron chi connectivity index (χ3n) is 2.20. The van der Waals surface area contributed by atoms with Crippen LogP contribution in [0, 0.1) is 0 Å². The quantitative estimate of drug-likeness (QED) is 0.851. The second-order valence-electron chi connectivity index (χ2n) is 3.25. The Morgan fingerprint density at radius 1 is 1.25 bits per heavy atom. The summed E-state index contributed by atoms with van der Waals surface area (Å²) < 4.78 is 8.80. The van der Waals surface area contributed by atoms with E-state index >= 15 is 0 Å². The molecule has 0 aliphatic rings. The number of benzene rings is 1. The van der Waals surface area contributed by atoms with Gasteiger partial charge in [0.05, 0.1) is 13.7 Å². The summed E-state index contributed by atoms with van der Waals surface area (Å²) in [5.74, 6) is 0. The number of rotatable bonds is 3. The van der Waals surface area contributed by atoms with Gasteiger partial charge in [-0.1, -0.05) is 30.3 Å². The molecule has 2 rings (SSSR count). The lowest BCUT2D eigenvalue weighted by Crippen LogP contribution is -2.02. The third-order valence-corrected chi connectivity index (χ3v) is 4.09. The molecule has 1 aromatic heterocycles. The van der Waals surface area contributed by atoms with Crippen LogP contribution in [0.2, 0.25) is 0 Å². The van der Waals surface area contributed by atoms with E-state index in [1.807, 2.05) is 22.8 Å². The van der Waals surface area contributed by atoms with E-state index in [0.29, 0.717) is 6.01 Å². The molecule has 0 aliphatic carbocycles. The van der Waals surface area contributed by atoms with E-state index in [1.54, 1.807) is 7.11 Å². The summed E-state index contributed by atoms with van der Waals surface area (Å²) >= 11 is 6.84. The van der Waals surface area contributed by atoms with E-state index in [1.165, 1.54) is 5.56 Å². The van der Waals surface area contributed by atoms with E-state index in [-0.39, 0.29) is 0 Å². The Bertz CT molecular complexity index is 482. The van der Waals surface area contributed by atoms with Crippen molar-refractivity contribution in [3.05, 3.63) is 45.1 Å². The molecule has 0 bridgehead atoms. The maximum atomic E-state index is 5.21. The molecule has 0 N–H and O–H groups in total. The Balaban J connectivity index is 2.34. The lowest BCUT2D eigenvalue weighted by Gasteiger charge is -2.07. The van der Waals surface area contributed by atoms with Gasteiger partial charge in [0.15, 0.2) is 0 Å². The average Bonchev–Trinajstić information content (AvgIpc) is 2.58. The fourth-order valence-electron chi connectivity index (χ4n) is 1.44. The number of hydrogen-bond acceptors (Lipinski definition) is 2. The molecular weight excluding hydrogens is 336 g/mol. The van der Waals surface area contributed by atoms with Crippen LogP contribution in [0.1, 0.15) is 5.56 Å². The molecule has 16 heavy (non-hydrogen) atoms. The lowest BCUT2D eigenvalue weighted by atomic mass is 10.2. The molecule has 0 aliphatic heterocycles. The van der Waals surface area contributed by atoms with Crippen molar-refractivity contribution in [2.75, 3.05) is 7.11 Å². The van der Waals surface area contributed by atoms with E-state index in [9.17, 15) is 0 Å². The third kappa shape index (κ3) is 2.30. The van der Waals surface area contributed by atoms with Gasteiger partial charge >= 0.3 is 0 Å². The van der Waals surface area contributed by atoms with E-state index < -0.39 is 0 Å². The monoisotopic (exact) mass is 344 g/mol. The molecule has 0 fully saturated rings. The van der Waals surface area contributed by atoms with Gasteiger partial charge in [-0.25, -0.2) is 0 Å². The fraction of sp³-hybridized carbons (Fsp3) is 0.182. The minimum Gasteiger partial charge on any atom is -0.468 e. The van der Waals surface area contributed by atoms with Crippen LogP contribution in [-0.4, -0.2) is 16.7 Å². The van der Waals surface area contributed by atoms with Crippen LogP contribution in [0.5, 0.6) is 6.01 Å². The van der Waals surface area contributed by atoms with Crippen LogP contribution < -0.4 is 4.74 Å². The number of halogens is 2. The lowest BCUT2D eigenvalue weighted by molar-refractivity contribution is 0.360. The summed E-state index contributed by atoms with van der Waals surface area (Å²) in [5.41, 5.74) is 1.20. The topological polar surface area (TPSA) is 27.1 Å². The van der Waals surface area contributed by atoms with Gasteiger partial charge in [-0.05, 0) is 37.4 Å². The van der Waals surface area contributed by atoms with Crippen LogP contribution in [-0.2, 0) is 6.54 Å². The van der Waals surface area contributed by atoms with Crippen molar-refractivity contribution in [1.29, 1.82) is 0 Å². The van der Waals surface area contributed by atoms with Crippen molar-refractivity contribution < 1.29 is 4.74 Å². The van der Waals surface area contributed by atoms with Crippen LogP contribution in [0.25, 0.3) is 0 Å². The first-order chi connectivity index (χ1) is 7.72. The number of ether oxygens (including phenoxy) is 1. The zero-order valence-corrected chi connectivity index (χ0v) is 11.8. The molecule has 5 heteroatoms. The SMILES string of the molecule is COc1nc(Br)c(Br)n1Cc1ccccc1. The van der Waals surface area contributed by atoms with Crippen LogP contribution in [0.15, 0.2) is 39.5 Å². The number of nitrogens with zero attached hydrogens (tertiary/aromatic N) is 2. The van der Waals surface area contributed by atoms with E-state index in [2.05, 4.69) is 49.0 Å². The molecule has 0 spiro atoms. The van der Waals surface area contributed by atoms with E-state index in [4.69, 9.17) is 4.74 Å². The fourth-order valence-corrected chi connectivity index (χ4v) is 2.18. The molecule has 3 nitrogen and oxygen atoms in total. The molecule has 0 unspecified atom stereocenters. The summed E-state index contributed by atoms with van der Waals surface area (Å²) in [4.78, 5) is 4.24. The Kier molecular flexibility index (Phi) is 3.66. The summed E-state index contributed by atoms with van der Waals surface area (Å²) in [6.07, 6.45) is 0. The summed E-state index contributed by atoms with van der Waals surface area (Å²) in [6.45, 7) is 0.725. The molecule has 2 aromatic rings. The van der Waals surface area contributed by atoms with Gasteiger partial charge in [-0.3, -0.25) is 4.57 Å². The molecule has 0 radical (unpaired) electrons. The van der Waals surface area contributed by atoms with Gasteiger partial charge in [0.1, 0.15) is 9.21 Å². The maximum absolute atomic E-state index is 5.21. The Morgan fingerprint density at radius 3 is 2.56 bits per heavy atom. The molecule has 0 atom stereocenters. The highest BCUT2D eigenvalue weighted by molar-refractivity contribution is 9.13. The number of methoxy groups -OCH3 is 1. The van der Waals surface area contributed by atoms with E-state index in [0.717, 1.165) is 15.8 Å². The predicted molar refractivity (Wildman–Crippen MR) is 69.7 cm³/mol. The number of hydrogen-bond donors (Lipinski definition) is 0. The normalized spacial score (nSPS) is 10.4. The Hall–Kier alpha value is -0.810. The number of aromatic nitrogens is 2. The first-order valence-electron chi connectivity index (χ1n) is 4.72. The van der Waals surface area contributed by atoms with Crippen molar-refractivity contribution in [1.82, 2.24) is 9.55 Å². The highest BCUT2D eigenvalue weighted by Crippen LogP contribution is 2.28. The second-order valence-corrected chi connectivity index (χ2v) is 4.75. The van der Waals surface area contributed by atoms with Gasteiger partial charge in [0.25, 0.3) is 6.01 Å². The highest BCUT2D eigenvalue weighted by Gasteiger charge is 2.13. The largest absolute Gasteiger partial charge is 0.468 e. The zero-order valence-electron chi connectivity index (χ0n) is 8.65. The summed E-state index contributed by atoms with van der Waals surface area (Å²) in [5, 5.41) is 0. The van der Waals surface area contributed by atoms with Crippen LogP contribution >= 0.6 is 31.9 Å². The van der Waals surface area contributed by atoms with Gasteiger partial charge < -0.3 is 4.74 Å². The summed E-state index contributed by atoms with van der Waals surface area (Å²) in [7, 11) is 1.61. The first kappa shape index (κ1) is 11.7. The smallest absolute Gasteiger partial charge is 0.298 e. The van der Waals surface area contributed by atoms with Gasteiger partial charge in [-0.15, -0.1) is 0 Å². The summed E-state index contributed by atoms with van der Waals surface area (Å²) in [6, 6.07) is 10.8. The van der Waals surface area contributed by atoms with Crippen molar-refractivity contribution in [2.24, 2.45) is 0 Å². The van der Waals surface area contributed by atoms with Crippen molar-refractivity contribution in [3.8, 4) is 6.01 Å². The minimum absolute atomic E-state index is 0.586. The van der Waals surface area contributed by atoms with Crippen molar-refractivity contribution in [2.45, 2.75) is 6.54 Å². The molecule has 84 valence electrons. The van der Waals surface area contributed by atoms with Crippen LogP contribution in [0.4, 0.5) is 0 Å². The minimum atomic E-state index is 0.586. The zero-order chi connectivity index (χ0) is 11.5. The van der Waals surface area contributed by atoms with Crippen molar-refractivity contribution >= 4 is 31.9 Å². The molecule has 0 saturated heterocycles. The van der Waals surface area contributed by atoms with Gasteiger partial charge in [0, 0.05) is 0 Å². The van der Waals surface area contributed by atoms with Gasteiger partial charge in [0.2, 0.25) is 0 Å². The van der Waals surface area contributed by atoms with Gasteiger partial charge in [-0.2, -0.15) is 4.98 Å². The molecule has 0 amide bonds. The Labute approximate surface area is 111 Å². The molecule has 1 aromatic carbocycles. The second kappa shape index (κ2) is 5.01. The van der Waals surface area contributed by atoms with Crippen molar-refractivity contribution in [3.63, 3.8) is 0 Å². The predicted octanol–water partition coefficient (Wildman–Crippen LogP) is 3.47.